The van der Waals surface area contributed by atoms with E-state index in [1.54, 1.807) is 18.2 Å². The smallest absolute Gasteiger partial charge is 0.185 e. The maximum atomic E-state index is 12.7. The molecule has 0 amide bonds. The summed E-state index contributed by atoms with van der Waals surface area (Å²) in [6.45, 7) is 0. The lowest BCUT2D eigenvalue weighted by Crippen LogP contribution is -2.06. The molecule has 0 atom stereocenters. The monoisotopic (exact) mass is 283 g/mol. The lowest BCUT2D eigenvalue weighted by atomic mass is 10.1. The second-order valence-electron chi connectivity index (χ2n) is 3.70. The van der Waals surface area contributed by atoms with Gasteiger partial charge in [-0.3, -0.25) is 9.78 Å². The first-order valence-electron chi connectivity index (χ1n) is 5.15. The van der Waals surface area contributed by atoms with Gasteiger partial charge in [-0.05, 0) is 35.9 Å². The van der Waals surface area contributed by atoms with Crippen LogP contribution in [0.2, 0.25) is 10.0 Å². The van der Waals surface area contributed by atoms with Crippen LogP contribution in [0.1, 0.15) is 16.1 Å². The Hall–Kier alpha value is -1.45. The molecule has 5 heteroatoms. The maximum Gasteiger partial charge on any atom is 0.185 e. The molecule has 0 spiro atoms. The molecule has 2 aromatic rings. The SMILES string of the molecule is O=C(Cc1cc(Cl)ccc1Cl)c1ccc(F)cn1. The van der Waals surface area contributed by atoms with Crippen LogP contribution >= 0.6 is 23.2 Å². The quantitative estimate of drug-likeness (QED) is 0.799. The van der Waals surface area contributed by atoms with Gasteiger partial charge in [0.2, 0.25) is 0 Å². The van der Waals surface area contributed by atoms with E-state index in [9.17, 15) is 9.18 Å². The molecule has 2 rings (SSSR count). The van der Waals surface area contributed by atoms with E-state index in [-0.39, 0.29) is 17.9 Å². The zero-order chi connectivity index (χ0) is 13.1. The topological polar surface area (TPSA) is 30.0 Å². The number of pyridine rings is 1. The van der Waals surface area contributed by atoms with Crippen molar-refractivity contribution in [2.24, 2.45) is 0 Å². The molecule has 1 heterocycles. The molecule has 0 radical (unpaired) electrons. The van der Waals surface area contributed by atoms with Gasteiger partial charge in [0.25, 0.3) is 0 Å². The lowest BCUT2D eigenvalue weighted by Gasteiger charge is -2.04. The molecule has 92 valence electrons. The Morgan fingerprint density at radius 2 is 2.00 bits per heavy atom. The predicted octanol–water partition coefficient (Wildman–Crippen LogP) is 3.95. The van der Waals surface area contributed by atoms with Crippen molar-refractivity contribution in [2.75, 3.05) is 0 Å². The third-order valence-electron chi connectivity index (χ3n) is 2.37. The van der Waals surface area contributed by atoms with E-state index in [2.05, 4.69) is 4.98 Å². The molecular formula is C13H8Cl2FNO. The van der Waals surface area contributed by atoms with E-state index >= 15 is 0 Å². The van der Waals surface area contributed by atoms with Crippen LogP contribution in [0, 0.1) is 5.82 Å². The number of aromatic nitrogens is 1. The number of benzene rings is 1. The van der Waals surface area contributed by atoms with Gasteiger partial charge >= 0.3 is 0 Å². The summed E-state index contributed by atoms with van der Waals surface area (Å²) in [4.78, 5) is 15.6. The van der Waals surface area contributed by atoms with E-state index < -0.39 is 5.82 Å². The largest absolute Gasteiger partial charge is 0.292 e. The summed E-state index contributed by atoms with van der Waals surface area (Å²) in [5.74, 6) is -0.716. The Labute approximate surface area is 113 Å². The lowest BCUT2D eigenvalue weighted by molar-refractivity contribution is 0.0988. The van der Waals surface area contributed by atoms with Gasteiger partial charge in [-0.2, -0.15) is 0 Å². The molecule has 1 aromatic heterocycles. The minimum Gasteiger partial charge on any atom is -0.292 e. The maximum absolute atomic E-state index is 12.7. The average molecular weight is 284 g/mol. The Kier molecular flexibility index (Phi) is 3.94. The van der Waals surface area contributed by atoms with E-state index in [1.807, 2.05) is 0 Å². The first-order chi connectivity index (χ1) is 8.56. The molecule has 1 aromatic carbocycles. The van der Waals surface area contributed by atoms with E-state index in [0.717, 1.165) is 6.20 Å². The van der Waals surface area contributed by atoms with Crippen LogP contribution < -0.4 is 0 Å². The van der Waals surface area contributed by atoms with Gasteiger partial charge in [-0.1, -0.05) is 23.2 Å². The van der Waals surface area contributed by atoms with Gasteiger partial charge in [-0.15, -0.1) is 0 Å². The highest BCUT2D eigenvalue weighted by Crippen LogP contribution is 2.22. The van der Waals surface area contributed by atoms with Crippen LogP contribution in [-0.2, 0) is 6.42 Å². The van der Waals surface area contributed by atoms with Crippen LogP contribution in [0.4, 0.5) is 4.39 Å². The minimum absolute atomic E-state index is 0.0814. The first kappa shape index (κ1) is 13.0. The van der Waals surface area contributed by atoms with Crippen LogP contribution in [0.25, 0.3) is 0 Å². The molecule has 0 aliphatic rings. The highest BCUT2D eigenvalue weighted by atomic mass is 35.5. The zero-order valence-corrected chi connectivity index (χ0v) is 10.7. The van der Waals surface area contributed by atoms with Crippen LogP contribution in [0.5, 0.6) is 0 Å². The fourth-order valence-corrected chi connectivity index (χ4v) is 1.86. The highest BCUT2D eigenvalue weighted by Gasteiger charge is 2.11. The summed E-state index contributed by atoms with van der Waals surface area (Å²) < 4.78 is 12.7. The molecule has 0 saturated carbocycles. The van der Waals surface area contributed by atoms with Gasteiger partial charge < -0.3 is 0 Å². The highest BCUT2D eigenvalue weighted by molar-refractivity contribution is 6.33. The van der Waals surface area contributed by atoms with Gasteiger partial charge in [0, 0.05) is 16.5 Å². The normalized spacial score (nSPS) is 10.4. The molecule has 0 N–H and O–H groups in total. The number of ketones is 1. The minimum atomic E-state index is -0.479. The number of halogens is 3. The number of nitrogens with zero attached hydrogens (tertiary/aromatic N) is 1. The molecule has 0 aliphatic carbocycles. The Bertz CT molecular complexity index is 584. The second-order valence-corrected chi connectivity index (χ2v) is 4.54. The van der Waals surface area contributed by atoms with Crippen LogP contribution in [-0.4, -0.2) is 10.8 Å². The van der Waals surface area contributed by atoms with E-state index in [0.29, 0.717) is 15.6 Å². The van der Waals surface area contributed by atoms with Gasteiger partial charge in [0.15, 0.2) is 5.78 Å². The summed E-state index contributed by atoms with van der Waals surface area (Å²) in [7, 11) is 0. The van der Waals surface area contributed by atoms with Crippen LogP contribution in [0.3, 0.4) is 0 Å². The molecule has 0 saturated heterocycles. The summed E-state index contributed by atoms with van der Waals surface area (Å²) >= 11 is 11.8. The summed E-state index contributed by atoms with van der Waals surface area (Å²) in [6.07, 6.45) is 1.09. The van der Waals surface area contributed by atoms with Crippen molar-refractivity contribution in [1.29, 1.82) is 0 Å². The molecule has 0 bridgehead atoms. The second kappa shape index (κ2) is 5.46. The van der Waals surface area contributed by atoms with E-state index in [1.165, 1.54) is 12.1 Å². The van der Waals surface area contributed by atoms with Crippen molar-refractivity contribution in [2.45, 2.75) is 6.42 Å². The number of Topliss-reactive ketones (excluding diaryl/α,β-unsaturated/α-hetero) is 1. The number of hydrogen-bond acceptors (Lipinski definition) is 2. The number of carbonyl (C=O) groups excluding carboxylic acids is 1. The van der Waals surface area contributed by atoms with Crippen molar-refractivity contribution in [1.82, 2.24) is 4.98 Å². The molecule has 2 nitrogen and oxygen atoms in total. The van der Waals surface area contributed by atoms with Crippen molar-refractivity contribution < 1.29 is 9.18 Å². The van der Waals surface area contributed by atoms with E-state index in [4.69, 9.17) is 23.2 Å². The molecular weight excluding hydrogens is 276 g/mol. The molecule has 18 heavy (non-hydrogen) atoms. The third kappa shape index (κ3) is 3.06. The summed E-state index contributed by atoms with van der Waals surface area (Å²) in [6, 6.07) is 7.44. The predicted molar refractivity (Wildman–Crippen MR) is 68.7 cm³/mol. The fourth-order valence-electron chi connectivity index (χ4n) is 1.48. The van der Waals surface area contributed by atoms with Gasteiger partial charge in [0.1, 0.15) is 11.5 Å². The summed E-state index contributed by atoms with van der Waals surface area (Å²) in [5, 5.41) is 0.976. The first-order valence-corrected chi connectivity index (χ1v) is 5.90. The number of carbonyl (C=O) groups is 1. The van der Waals surface area contributed by atoms with Gasteiger partial charge in [0.05, 0.1) is 6.20 Å². The molecule has 0 fully saturated rings. The van der Waals surface area contributed by atoms with Crippen molar-refractivity contribution in [3.63, 3.8) is 0 Å². The van der Waals surface area contributed by atoms with Gasteiger partial charge in [-0.25, -0.2) is 4.39 Å². The Balaban J connectivity index is 2.21. The molecule has 0 unspecified atom stereocenters. The molecule has 0 aliphatic heterocycles. The number of hydrogen-bond donors (Lipinski definition) is 0. The zero-order valence-electron chi connectivity index (χ0n) is 9.16. The van der Waals surface area contributed by atoms with Crippen molar-refractivity contribution in [3.05, 3.63) is 63.6 Å². The van der Waals surface area contributed by atoms with Crippen LogP contribution in [0.15, 0.2) is 36.5 Å². The van der Waals surface area contributed by atoms with Crippen molar-refractivity contribution in [3.8, 4) is 0 Å². The number of rotatable bonds is 3. The Morgan fingerprint density at radius 1 is 1.22 bits per heavy atom. The summed E-state index contributed by atoms with van der Waals surface area (Å²) in [5.41, 5.74) is 0.827. The van der Waals surface area contributed by atoms with Crippen molar-refractivity contribution >= 4 is 29.0 Å². The Morgan fingerprint density at radius 3 is 2.67 bits per heavy atom. The average Bonchev–Trinajstić information content (AvgIpc) is 2.34. The fraction of sp³-hybridized carbons (Fsp3) is 0.0769. The third-order valence-corrected chi connectivity index (χ3v) is 2.98. The standard InChI is InChI=1S/C13H8Cl2FNO/c14-9-1-3-11(15)8(5-9)6-13(18)12-4-2-10(16)7-17-12/h1-5,7H,6H2.